The summed E-state index contributed by atoms with van der Waals surface area (Å²) in [6.07, 6.45) is 6.16. The van der Waals surface area contributed by atoms with Gasteiger partial charge in [0, 0.05) is 12.7 Å². The van der Waals surface area contributed by atoms with Crippen molar-refractivity contribution in [2.24, 2.45) is 0 Å². The Kier molecular flexibility index (Phi) is 5.15. The van der Waals surface area contributed by atoms with Crippen molar-refractivity contribution in [3.05, 3.63) is 65.9 Å². The highest BCUT2D eigenvalue weighted by atomic mass is 19.1. The minimum absolute atomic E-state index is 0.137. The van der Waals surface area contributed by atoms with E-state index >= 15 is 0 Å². The summed E-state index contributed by atoms with van der Waals surface area (Å²) in [5.41, 5.74) is 1.61. The summed E-state index contributed by atoms with van der Waals surface area (Å²) in [7, 11) is 1.80. The number of nitrogens with one attached hydrogen (secondary N) is 2. The molecular formula is C18H17FN4O2. The van der Waals surface area contributed by atoms with Crippen LogP contribution in [0.15, 0.2) is 48.9 Å². The predicted molar refractivity (Wildman–Crippen MR) is 92.0 cm³/mol. The highest BCUT2D eigenvalue weighted by molar-refractivity contribution is 6.13. The topological polar surface area (TPSA) is 79.9 Å². The first kappa shape index (κ1) is 16.8. The SMILES string of the molecule is CNC/C=C/C(=O)c1c[nH]c2ncnc(OCc3cccc(F)c3)c12. The second-order valence-corrected chi connectivity index (χ2v) is 5.35. The van der Waals surface area contributed by atoms with Gasteiger partial charge < -0.3 is 15.0 Å². The number of hydrogen-bond donors (Lipinski definition) is 2. The number of carbonyl (C=O) groups is 1. The first-order valence-corrected chi connectivity index (χ1v) is 7.74. The van der Waals surface area contributed by atoms with Crippen LogP contribution >= 0.6 is 0 Å². The molecule has 0 saturated heterocycles. The molecule has 0 bridgehead atoms. The highest BCUT2D eigenvalue weighted by Gasteiger charge is 2.16. The van der Waals surface area contributed by atoms with E-state index in [1.165, 1.54) is 24.5 Å². The molecule has 0 atom stereocenters. The highest BCUT2D eigenvalue weighted by Crippen LogP contribution is 2.26. The number of aromatic amines is 1. The van der Waals surface area contributed by atoms with Gasteiger partial charge in [-0.15, -0.1) is 0 Å². The molecule has 1 aromatic carbocycles. The molecule has 25 heavy (non-hydrogen) atoms. The molecule has 0 fully saturated rings. The molecule has 2 aromatic heterocycles. The van der Waals surface area contributed by atoms with E-state index in [0.717, 1.165) is 0 Å². The number of aromatic nitrogens is 3. The Bertz CT molecular complexity index is 920. The van der Waals surface area contributed by atoms with E-state index in [2.05, 4.69) is 20.3 Å². The van der Waals surface area contributed by atoms with Crippen molar-refractivity contribution in [1.82, 2.24) is 20.3 Å². The van der Waals surface area contributed by atoms with Crippen LogP contribution in [-0.2, 0) is 6.61 Å². The molecule has 0 spiro atoms. The number of ether oxygens (including phenoxy) is 1. The lowest BCUT2D eigenvalue weighted by atomic mass is 10.1. The molecule has 7 heteroatoms. The Morgan fingerprint density at radius 1 is 1.40 bits per heavy atom. The van der Waals surface area contributed by atoms with Crippen molar-refractivity contribution in [2.45, 2.75) is 6.61 Å². The molecule has 2 N–H and O–H groups in total. The molecule has 0 amide bonds. The lowest BCUT2D eigenvalue weighted by Gasteiger charge is -2.07. The van der Waals surface area contributed by atoms with Gasteiger partial charge in [0.05, 0.1) is 10.9 Å². The Hall–Kier alpha value is -3.06. The number of ketones is 1. The van der Waals surface area contributed by atoms with Crippen LogP contribution in [0, 0.1) is 5.82 Å². The van der Waals surface area contributed by atoms with Crippen LogP contribution in [0.3, 0.4) is 0 Å². The van der Waals surface area contributed by atoms with Gasteiger partial charge in [-0.2, -0.15) is 0 Å². The fraction of sp³-hybridized carbons (Fsp3) is 0.167. The summed E-state index contributed by atoms with van der Waals surface area (Å²) in [4.78, 5) is 23.6. The van der Waals surface area contributed by atoms with Crippen LogP contribution in [0.5, 0.6) is 5.88 Å². The Morgan fingerprint density at radius 3 is 3.08 bits per heavy atom. The van der Waals surface area contributed by atoms with Crippen LogP contribution in [0.25, 0.3) is 11.0 Å². The molecule has 0 saturated carbocycles. The first-order valence-electron chi connectivity index (χ1n) is 7.74. The number of rotatable bonds is 7. The zero-order valence-electron chi connectivity index (χ0n) is 13.6. The molecule has 6 nitrogen and oxygen atoms in total. The number of allylic oxidation sites excluding steroid dienone is 1. The Morgan fingerprint density at radius 2 is 2.28 bits per heavy atom. The number of fused-ring (bicyclic) bond motifs is 1. The van der Waals surface area contributed by atoms with Gasteiger partial charge in [-0.3, -0.25) is 4.79 Å². The van der Waals surface area contributed by atoms with E-state index in [9.17, 15) is 9.18 Å². The minimum Gasteiger partial charge on any atom is -0.472 e. The summed E-state index contributed by atoms with van der Waals surface area (Å²) in [6.45, 7) is 0.728. The fourth-order valence-electron chi connectivity index (χ4n) is 2.39. The van der Waals surface area contributed by atoms with E-state index in [1.54, 1.807) is 31.5 Å². The quantitative estimate of drug-likeness (QED) is 0.510. The van der Waals surface area contributed by atoms with E-state index in [1.807, 2.05) is 0 Å². The number of hydrogen-bond acceptors (Lipinski definition) is 5. The van der Waals surface area contributed by atoms with Gasteiger partial charge in [-0.1, -0.05) is 18.2 Å². The van der Waals surface area contributed by atoms with Crippen molar-refractivity contribution in [1.29, 1.82) is 0 Å². The maximum absolute atomic E-state index is 13.3. The molecule has 0 aliphatic carbocycles. The molecule has 128 valence electrons. The van der Waals surface area contributed by atoms with Crippen LogP contribution in [0.2, 0.25) is 0 Å². The first-order chi connectivity index (χ1) is 12.2. The summed E-state index contributed by atoms with van der Waals surface area (Å²) in [6, 6.07) is 6.13. The normalized spacial score (nSPS) is 11.3. The third-order valence-corrected chi connectivity index (χ3v) is 3.56. The van der Waals surface area contributed by atoms with Crippen LogP contribution in [-0.4, -0.2) is 34.3 Å². The van der Waals surface area contributed by atoms with Crippen LogP contribution < -0.4 is 10.1 Å². The number of likely N-dealkylation sites (N-methyl/N-ethyl adjacent to an activating group) is 1. The second kappa shape index (κ2) is 7.67. The average molecular weight is 340 g/mol. The Balaban J connectivity index is 1.87. The molecule has 0 aliphatic rings. The molecule has 3 rings (SSSR count). The summed E-state index contributed by atoms with van der Waals surface area (Å²) < 4.78 is 19.0. The Labute approximate surface area is 143 Å². The van der Waals surface area contributed by atoms with Crippen LogP contribution in [0.1, 0.15) is 15.9 Å². The minimum atomic E-state index is -0.332. The monoisotopic (exact) mass is 340 g/mol. The van der Waals surface area contributed by atoms with Crippen molar-refractivity contribution in [3.8, 4) is 5.88 Å². The smallest absolute Gasteiger partial charge is 0.227 e. The van der Waals surface area contributed by atoms with Gasteiger partial charge in [-0.25, -0.2) is 14.4 Å². The van der Waals surface area contributed by atoms with Gasteiger partial charge in [0.15, 0.2) is 5.78 Å². The summed E-state index contributed by atoms with van der Waals surface area (Å²) in [5, 5.41) is 3.45. The third-order valence-electron chi connectivity index (χ3n) is 3.56. The summed E-state index contributed by atoms with van der Waals surface area (Å²) >= 11 is 0. The predicted octanol–water partition coefficient (Wildman–Crippen LogP) is 2.63. The molecule has 0 radical (unpaired) electrons. The van der Waals surface area contributed by atoms with E-state index in [0.29, 0.717) is 28.7 Å². The van der Waals surface area contributed by atoms with Crippen molar-refractivity contribution in [2.75, 3.05) is 13.6 Å². The largest absolute Gasteiger partial charge is 0.472 e. The third kappa shape index (κ3) is 3.89. The van der Waals surface area contributed by atoms with E-state index < -0.39 is 0 Å². The lowest BCUT2D eigenvalue weighted by molar-refractivity contribution is 0.104. The van der Waals surface area contributed by atoms with Crippen molar-refractivity contribution >= 4 is 16.8 Å². The van der Waals surface area contributed by atoms with Gasteiger partial charge in [-0.05, 0) is 30.8 Å². The number of benzene rings is 1. The van der Waals surface area contributed by atoms with Crippen LogP contribution in [0.4, 0.5) is 4.39 Å². The number of carbonyl (C=O) groups excluding carboxylic acids is 1. The van der Waals surface area contributed by atoms with Crippen molar-refractivity contribution < 1.29 is 13.9 Å². The molecule has 2 heterocycles. The molecular weight excluding hydrogens is 323 g/mol. The standard InChI is InChI=1S/C18H17FN4O2/c1-20-7-3-6-15(24)14-9-21-17-16(14)18(23-11-22-17)25-10-12-4-2-5-13(19)8-12/h2-6,8-9,11,20H,7,10H2,1H3,(H,21,22,23)/b6-3+. The lowest BCUT2D eigenvalue weighted by Crippen LogP contribution is -2.05. The maximum atomic E-state index is 13.3. The van der Waals surface area contributed by atoms with Gasteiger partial charge >= 0.3 is 0 Å². The van der Waals surface area contributed by atoms with Crippen molar-refractivity contribution in [3.63, 3.8) is 0 Å². The molecule has 0 unspecified atom stereocenters. The zero-order chi connectivity index (χ0) is 17.6. The number of nitrogens with zero attached hydrogens (tertiary/aromatic N) is 2. The number of H-pyrrole nitrogens is 1. The van der Waals surface area contributed by atoms with Gasteiger partial charge in [0.1, 0.15) is 24.4 Å². The maximum Gasteiger partial charge on any atom is 0.227 e. The van der Waals surface area contributed by atoms with Gasteiger partial charge in [0.2, 0.25) is 5.88 Å². The average Bonchev–Trinajstić information content (AvgIpc) is 3.05. The number of halogens is 1. The van der Waals surface area contributed by atoms with E-state index in [-0.39, 0.29) is 24.1 Å². The van der Waals surface area contributed by atoms with Gasteiger partial charge in [0.25, 0.3) is 0 Å². The fourth-order valence-corrected chi connectivity index (χ4v) is 2.39. The second-order valence-electron chi connectivity index (χ2n) is 5.35. The molecule has 0 aliphatic heterocycles. The molecule has 3 aromatic rings. The summed E-state index contributed by atoms with van der Waals surface area (Å²) in [5.74, 6) is -0.228. The zero-order valence-corrected chi connectivity index (χ0v) is 13.6. The van der Waals surface area contributed by atoms with E-state index in [4.69, 9.17) is 4.74 Å².